The second kappa shape index (κ2) is 6.39. The topological polar surface area (TPSA) is 94.2 Å². The standard InChI is InChI=1S/C15H15N5O3/c21-15(11-19-10-13(8-17-19)20(22)23)18-7-3-4-12(9-18)14-5-1-2-6-16-14/h1-2,4-6,8,10H,3,7,9,11H2. The van der Waals surface area contributed by atoms with E-state index in [9.17, 15) is 14.9 Å². The largest absolute Gasteiger partial charge is 0.336 e. The van der Waals surface area contributed by atoms with Crippen LogP contribution in [0.15, 0.2) is 42.9 Å². The lowest BCUT2D eigenvalue weighted by Crippen LogP contribution is -2.37. The molecule has 118 valence electrons. The number of carbonyl (C=O) groups is 1. The molecule has 0 fully saturated rings. The SMILES string of the molecule is O=C(Cn1cc([N+](=O)[O-])cn1)N1CCC=C(c2ccccn2)C1. The Kier molecular flexibility index (Phi) is 4.13. The highest BCUT2D eigenvalue weighted by molar-refractivity contribution is 5.79. The molecule has 3 rings (SSSR count). The van der Waals surface area contributed by atoms with Gasteiger partial charge in [-0.3, -0.25) is 24.6 Å². The van der Waals surface area contributed by atoms with Crippen molar-refractivity contribution in [1.82, 2.24) is 19.7 Å². The summed E-state index contributed by atoms with van der Waals surface area (Å²) in [5.41, 5.74) is 1.75. The van der Waals surface area contributed by atoms with Crippen LogP contribution in [0.1, 0.15) is 12.1 Å². The van der Waals surface area contributed by atoms with Crippen molar-refractivity contribution in [1.29, 1.82) is 0 Å². The van der Waals surface area contributed by atoms with Crippen molar-refractivity contribution in [2.45, 2.75) is 13.0 Å². The van der Waals surface area contributed by atoms with Gasteiger partial charge >= 0.3 is 5.69 Å². The van der Waals surface area contributed by atoms with Crippen LogP contribution in [0.25, 0.3) is 5.57 Å². The van der Waals surface area contributed by atoms with Gasteiger partial charge in [-0.25, -0.2) is 0 Å². The van der Waals surface area contributed by atoms with Gasteiger partial charge in [-0.1, -0.05) is 12.1 Å². The molecule has 2 aromatic rings. The summed E-state index contributed by atoms with van der Waals surface area (Å²) in [6.07, 6.45) is 6.97. The van der Waals surface area contributed by atoms with Crippen molar-refractivity contribution in [2.75, 3.05) is 13.1 Å². The second-order valence-electron chi connectivity index (χ2n) is 5.20. The highest BCUT2D eigenvalue weighted by Gasteiger charge is 2.20. The Balaban J connectivity index is 1.66. The molecule has 0 bridgehead atoms. The predicted octanol–water partition coefficient (Wildman–Crippen LogP) is 1.50. The predicted molar refractivity (Wildman–Crippen MR) is 82.3 cm³/mol. The summed E-state index contributed by atoms with van der Waals surface area (Å²) >= 11 is 0. The van der Waals surface area contributed by atoms with E-state index in [1.807, 2.05) is 18.2 Å². The number of nitrogens with zero attached hydrogens (tertiary/aromatic N) is 5. The number of amides is 1. The van der Waals surface area contributed by atoms with E-state index in [2.05, 4.69) is 16.2 Å². The van der Waals surface area contributed by atoms with Crippen LogP contribution in [0.3, 0.4) is 0 Å². The maximum atomic E-state index is 12.4. The van der Waals surface area contributed by atoms with Crippen molar-refractivity contribution in [2.24, 2.45) is 0 Å². The average Bonchev–Trinajstić information content (AvgIpc) is 3.04. The van der Waals surface area contributed by atoms with Gasteiger partial charge in [0, 0.05) is 19.3 Å². The van der Waals surface area contributed by atoms with E-state index < -0.39 is 4.92 Å². The fourth-order valence-corrected chi connectivity index (χ4v) is 2.47. The van der Waals surface area contributed by atoms with Crippen molar-refractivity contribution < 1.29 is 9.72 Å². The first-order valence-corrected chi connectivity index (χ1v) is 7.18. The van der Waals surface area contributed by atoms with Gasteiger partial charge in [0.1, 0.15) is 18.9 Å². The highest BCUT2D eigenvalue weighted by atomic mass is 16.6. The summed E-state index contributed by atoms with van der Waals surface area (Å²) in [4.78, 5) is 28.5. The normalized spacial score (nSPS) is 14.4. The molecule has 8 heteroatoms. The molecule has 3 heterocycles. The molecule has 2 aromatic heterocycles. The maximum Gasteiger partial charge on any atom is 0.307 e. The van der Waals surface area contributed by atoms with Gasteiger partial charge < -0.3 is 4.90 Å². The van der Waals surface area contributed by atoms with Crippen LogP contribution >= 0.6 is 0 Å². The summed E-state index contributed by atoms with van der Waals surface area (Å²) in [7, 11) is 0. The molecule has 23 heavy (non-hydrogen) atoms. The van der Waals surface area contributed by atoms with E-state index >= 15 is 0 Å². The highest BCUT2D eigenvalue weighted by Crippen LogP contribution is 2.19. The number of carbonyl (C=O) groups excluding carboxylic acids is 1. The molecular formula is C15H15N5O3. The Morgan fingerprint density at radius 2 is 2.26 bits per heavy atom. The van der Waals surface area contributed by atoms with Crippen molar-refractivity contribution in [3.05, 3.63) is 58.7 Å². The van der Waals surface area contributed by atoms with Crippen molar-refractivity contribution >= 4 is 17.2 Å². The number of nitro groups is 1. The zero-order chi connectivity index (χ0) is 16.2. The summed E-state index contributed by atoms with van der Waals surface area (Å²) in [6.45, 7) is 1.10. The molecule has 0 aliphatic carbocycles. The summed E-state index contributed by atoms with van der Waals surface area (Å²) in [6, 6.07) is 5.67. The van der Waals surface area contributed by atoms with Crippen molar-refractivity contribution in [3.63, 3.8) is 0 Å². The van der Waals surface area contributed by atoms with Crippen LogP contribution in [0.4, 0.5) is 5.69 Å². The van der Waals surface area contributed by atoms with Crippen LogP contribution in [0, 0.1) is 10.1 Å². The Morgan fingerprint density at radius 1 is 1.39 bits per heavy atom. The van der Waals surface area contributed by atoms with Crippen LogP contribution in [-0.4, -0.2) is 43.6 Å². The number of pyridine rings is 1. The molecule has 0 N–H and O–H groups in total. The third-order valence-electron chi connectivity index (χ3n) is 3.63. The molecule has 1 amide bonds. The van der Waals surface area contributed by atoms with Gasteiger partial charge in [0.15, 0.2) is 0 Å². The molecule has 0 aromatic carbocycles. The number of rotatable bonds is 4. The summed E-state index contributed by atoms with van der Waals surface area (Å²) in [5.74, 6) is -0.121. The van der Waals surface area contributed by atoms with E-state index in [4.69, 9.17) is 0 Å². The van der Waals surface area contributed by atoms with Crippen LogP contribution in [-0.2, 0) is 11.3 Å². The van der Waals surface area contributed by atoms with Crippen LogP contribution < -0.4 is 0 Å². The molecule has 0 spiro atoms. The molecule has 0 saturated carbocycles. The first-order valence-electron chi connectivity index (χ1n) is 7.18. The molecule has 1 aliphatic rings. The van der Waals surface area contributed by atoms with Gasteiger partial charge in [0.05, 0.1) is 10.6 Å². The van der Waals surface area contributed by atoms with Gasteiger partial charge in [0.25, 0.3) is 0 Å². The van der Waals surface area contributed by atoms with E-state index in [0.29, 0.717) is 13.1 Å². The van der Waals surface area contributed by atoms with E-state index in [1.54, 1.807) is 11.1 Å². The fourth-order valence-electron chi connectivity index (χ4n) is 2.47. The first kappa shape index (κ1) is 14.9. The lowest BCUT2D eigenvalue weighted by atomic mass is 10.1. The van der Waals surface area contributed by atoms with Gasteiger partial charge in [-0.05, 0) is 24.1 Å². The third-order valence-corrected chi connectivity index (χ3v) is 3.63. The van der Waals surface area contributed by atoms with Crippen molar-refractivity contribution in [3.8, 4) is 0 Å². The average molecular weight is 313 g/mol. The van der Waals surface area contributed by atoms with E-state index in [0.717, 1.165) is 23.9 Å². The summed E-state index contributed by atoms with van der Waals surface area (Å²) < 4.78 is 1.29. The van der Waals surface area contributed by atoms with Gasteiger partial charge in [-0.15, -0.1) is 0 Å². The summed E-state index contributed by atoms with van der Waals surface area (Å²) in [5, 5.41) is 14.5. The monoisotopic (exact) mass is 313 g/mol. The Labute approximate surface area is 132 Å². The minimum Gasteiger partial charge on any atom is -0.336 e. The first-order chi connectivity index (χ1) is 11.1. The van der Waals surface area contributed by atoms with E-state index in [-0.39, 0.29) is 18.1 Å². The minimum atomic E-state index is -0.531. The minimum absolute atomic E-state index is 0.0106. The van der Waals surface area contributed by atoms with E-state index in [1.165, 1.54) is 10.9 Å². The molecule has 8 nitrogen and oxygen atoms in total. The fraction of sp³-hybridized carbons (Fsp3) is 0.267. The smallest absolute Gasteiger partial charge is 0.307 e. The van der Waals surface area contributed by atoms with Gasteiger partial charge in [0.2, 0.25) is 5.91 Å². The number of hydrogen-bond acceptors (Lipinski definition) is 5. The zero-order valence-corrected chi connectivity index (χ0v) is 12.3. The molecule has 0 atom stereocenters. The number of aromatic nitrogens is 3. The Hall–Kier alpha value is -3.03. The Morgan fingerprint density at radius 3 is 2.96 bits per heavy atom. The lowest BCUT2D eigenvalue weighted by Gasteiger charge is -2.27. The zero-order valence-electron chi connectivity index (χ0n) is 12.3. The third kappa shape index (κ3) is 3.42. The quantitative estimate of drug-likeness (QED) is 0.630. The van der Waals surface area contributed by atoms with Gasteiger partial charge in [-0.2, -0.15) is 5.10 Å². The van der Waals surface area contributed by atoms with Crippen LogP contribution in [0.5, 0.6) is 0 Å². The number of hydrogen-bond donors (Lipinski definition) is 0. The Bertz CT molecular complexity index is 753. The molecule has 1 aliphatic heterocycles. The molecule has 0 radical (unpaired) electrons. The lowest BCUT2D eigenvalue weighted by molar-refractivity contribution is -0.385. The molecule has 0 unspecified atom stereocenters. The van der Waals surface area contributed by atoms with Crippen LogP contribution in [0.2, 0.25) is 0 Å². The molecular weight excluding hydrogens is 298 g/mol. The maximum absolute atomic E-state index is 12.4. The second-order valence-corrected chi connectivity index (χ2v) is 5.20. The molecule has 0 saturated heterocycles.